The van der Waals surface area contributed by atoms with Gasteiger partial charge in [0.25, 0.3) is 5.91 Å². The van der Waals surface area contributed by atoms with Crippen LogP contribution in [0.3, 0.4) is 0 Å². The van der Waals surface area contributed by atoms with Gasteiger partial charge in [0.05, 0.1) is 30.4 Å². The zero-order valence-corrected chi connectivity index (χ0v) is 16.6. The average Bonchev–Trinajstić information content (AvgIpc) is 3.26. The Hall–Kier alpha value is -3.57. The minimum absolute atomic E-state index is 0.0651. The second kappa shape index (κ2) is 9.06. The molecule has 3 aromatic rings. The van der Waals surface area contributed by atoms with Crippen LogP contribution in [0.15, 0.2) is 43.0 Å². The number of aromatic nitrogens is 5. The van der Waals surface area contributed by atoms with Gasteiger partial charge in [0.2, 0.25) is 0 Å². The van der Waals surface area contributed by atoms with Gasteiger partial charge in [-0.15, -0.1) is 4.80 Å². The number of hydrogen-bond donors (Lipinski definition) is 1. The van der Waals surface area contributed by atoms with Crippen LogP contribution < -0.4 is 5.32 Å². The van der Waals surface area contributed by atoms with Gasteiger partial charge in [-0.3, -0.25) is 4.79 Å². The molecule has 0 aliphatic rings. The highest BCUT2D eigenvalue weighted by Gasteiger charge is 2.32. The molecule has 0 aliphatic heterocycles. The van der Waals surface area contributed by atoms with Gasteiger partial charge in [-0.05, 0) is 26.0 Å². The molecule has 8 nitrogen and oxygen atoms in total. The summed E-state index contributed by atoms with van der Waals surface area (Å²) in [6.07, 6.45) is -0.226. The van der Waals surface area contributed by atoms with E-state index in [1.165, 1.54) is 35.5 Å². The van der Waals surface area contributed by atoms with Gasteiger partial charge in [-0.2, -0.15) is 23.4 Å². The van der Waals surface area contributed by atoms with E-state index >= 15 is 0 Å². The summed E-state index contributed by atoms with van der Waals surface area (Å²) in [4.78, 5) is 22.7. The van der Waals surface area contributed by atoms with E-state index in [1.807, 2.05) is 0 Å². The van der Waals surface area contributed by atoms with Crippen LogP contribution in [0.1, 0.15) is 29.9 Å². The standard InChI is InChI=1S/C19H19F4N7O/c1-3-29(12(2)9-25-16-11-24-15(10-26-16)19(21,22)23)18(31)13-5-4-6-14(20)17(13)30-27-7-8-28-30/h4-8,10-12H,3,9H2,1-2H3,(H,25,26)/t12-/m0/s1. The minimum atomic E-state index is -4.57. The summed E-state index contributed by atoms with van der Waals surface area (Å²) in [6, 6.07) is 3.71. The highest BCUT2D eigenvalue weighted by Crippen LogP contribution is 2.27. The Kier molecular flexibility index (Phi) is 6.47. The van der Waals surface area contributed by atoms with Crippen LogP contribution in [-0.4, -0.2) is 54.9 Å². The largest absolute Gasteiger partial charge is 0.434 e. The van der Waals surface area contributed by atoms with E-state index in [0.717, 1.165) is 11.0 Å². The molecule has 1 amide bonds. The lowest BCUT2D eigenvalue weighted by Gasteiger charge is -2.29. The number of benzene rings is 1. The molecule has 12 heteroatoms. The lowest BCUT2D eigenvalue weighted by molar-refractivity contribution is -0.141. The molecule has 0 bridgehead atoms. The van der Waals surface area contributed by atoms with E-state index in [2.05, 4.69) is 25.5 Å². The highest BCUT2D eigenvalue weighted by atomic mass is 19.4. The average molecular weight is 437 g/mol. The second-order valence-electron chi connectivity index (χ2n) is 6.56. The summed E-state index contributed by atoms with van der Waals surface area (Å²) in [5.74, 6) is -0.957. The molecule has 3 rings (SSSR count). The van der Waals surface area contributed by atoms with Gasteiger partial charge in [0.15, 0.2) is 11.5 Å². The van der Waals surface area contributed by atoms with Crippen molar-refractivity contribution in [2.75, 3.05) is 18.4 Å². The van der Waals surface area contributed by atoms with Crippen molar-refractivity contribution in [3.63, 3.8) is 0 Å². The maximum Gasteiger partial charge on any atom is 0.434 e. The van der Waals surface area contributed by atoms with Gasteiger partial charge in [0.1, 0.15) is 11.5 Å². The maximum atomic E-state index is 14.4. The minimum Gasteiger partial charge on any atom is -0.367 e. The number of carbonyl (C=O) groups excluding carboxylic acids is 1. The molecule has 0 saturated heterocycles. The van der Waals surface area contributed by atoms with Crippen LogP contribution in [0.5, 0.6) is 0 Å². The van der Waals surface area contributed by atoms with Crippen molar-refractivity contribution in [3.8, 4) is 5.69 Å². The van der Waals surface area contributed by atoms with E-state index in [4.69, 9.17) is 0 Å². The van der Waals surface area contributed by atoms with Crippen LogP contribution in [0.25, 0.3) is 5.69 Å². The first-order valence-corrected chi connectivity index (χ1v) is 9.31. The monoisotopic (exact) mass is 437 g/mol. The lowest BCUT2D eigenvalue weighted by Crippen LogP contribution is -2.42. The molecule has 0 unspecified atom stereocenters. The third kappa shape index (κ3) is 4.95. The van der Waals surface area contributed by atoms with Crippen LogP contribution in [0, 0.1) is 5.82 Å². The summed E-state index contributed by atoms with van der Waals surface area (Å²) >= 11 is 0. The Bertz CT molecular complexity index is 1020. The zero-order chi connectivity index (χ0) is 22.6. The molecule has 31 heavy (non-hydrogen) atoms. The van der Waals surface area contributed by atoms with Crippen LogP contribution in [0.4, 0.5) is 23.4 Å². The highest BCUT2D eigenvalue weighted by molar-refractivity contribution is 5.98. The number of halogens is 4. The predicted molar refractivity (Wildman–Crippen MR) is 103 cm³/mol. The Morgan fingerprint density at radius 1 is 1.19 bits per heavy atom. The fourth-order valence-corrected chi connectivity index (χ4v) is 2.96. The fourth-order valence-electron chi connectivity index (χ4n) is 2.96. The van der Waals surface area contributed by atoms with E-state index in [9.17, 15) is 22.4 Å². The van der Waals surface area contributed by atoms with Crippen LogP contribution in [-0.2, 0) is 6.18 Å². The first kappa shape index (κ1) is 22.1. The number of amides is 1. The van der Waals surface area contributed by atoms with Crippen molar-refractivity contribution in [1.29, 1.82) is 0 Å². The molecule has 0 spiro atoms. The first-order valence-electron chi connectivity index (χ1n) is 9.31. The van der Waals surface area contributed by atoms with E-state index in [1.54, 1.807) is 13.8 Å². The number of alkyl halides is 3. The van der Waals surface area contributed by atoms with E-state index < -0.39 is 29.6 Å². The predicted octanol–water partition coefficient (Wildman–Crippen LogP) is 3.18. The van der Waals surface area contributed by atoms with Crippen molar-refractivity contribution < 1.29 is 22.4 Å². The number of para-hydroxylation sites is 1. The smallest absolute Gasteiger partial charge is 0.367 e. The Labute approximate surface area is 174 Å². The van der Waals surface area contributed by atoms with Crippen molar-refractivity contribution >= 4 is 11.7 Å². The SMILES string of the molecule is CCN(C(=O)c1cccc(F)c1-n1nccn1)[C@@H](C)CNc1cnc(C(F)(F)F)cn1. The van der Waals surface area contributed by atoms with Gasteiger partial charge >= 0.3 is 6.18 Å². The first-order chi connectivity index (χ1) is 14.7. The zero-order valence-electron chi connectivity index (χ0n) is 16.6. The lowest BCUT2D eigenvalue weighted by atomic mass is 10.1. The number of rotatable bonds is 7. The molecule has 0 aliphatic carbocycles. The number of anilines is 1. The van der Waals surface area contributed by atoms with E-state index in [0.29, 0.717) is 12.7 Å². The van der Waals surface area contributed by atoms with Crippen molar-refractivity contribution in [3.05, 3.63) is 60.1 Å². The van der Waals surface area contributed by atoms with Crippen LogP contribution in [0.2, 0.25) is 0 Å². The van der Waals surface area contributed by atoms with Gasteiger partial charge in [-0.25, -0.2) is 14.4 Å². The van der Waals surface area contributed by atoms with Gasteiger partial charge < -0.3 is 10.2 Å². The molecule has 1 atom stereocenters. The third-order valence-electron chi connectivity index (χ3n) is 4.49. The Balaban J connectivity index is 1.75. The topological polar surface area (TPSA) is 88.8 Å². The fraction of sp³-hybridized carbons (Fsp3) is 0.316. The van der Waals surface area contributed by atoms with Gasteiger partial charge in [0, 0.05) is 19.1 Å². The molecule has 0 fully saturated rings. The summed E-state index contributed by atoms with van der Waals surface area (Å²) in [6.45, 7) is 4.00. The molecule has 2 heterocycles. The summed E-state index contributed by atoms with van der Waals surface area (Å²) in [5, 5.41) is 10.7. The quantitative estimate of drug-likeness (QED) is 0.572. The number of likely N-dealkylation sites (N-methyl/N-ethyl adjacent to an activating group) is 1. The molecule has 2 aromatic heterocycles. The normalized spacial score (nSPS) is 12.5. The number of carbonyl (C=O) groups is 1. The number of nitrogens with zero attached hydrogens (tertiary/aromatic N) is 6. The number of hydrogen-bond acceptors (Lipinski definition) is 6. The summed E-state index contributed by atoms with van der Waals surface area (Å²) < 4.78 is 52.2. The summed E-state index contributed by atoms with van der Waals surface area (Å²) in [7, 11) is 0. The Morgan fingerprint density at radius 2 is 1.90 bits per heavy atom. The molecular weight excluding hydrogens is 418 g/mol. The molecule has 164 valence electrons. The van der Waals surface area contributed by atoms with Crippen molar-refractivity contribution in [2.24, 2.45) is 0 Å². The third-order valence-corrected chi connectivity index (χ3v) is 4.49. The molecule has 1 aromatic carbocycles. The molecular formula is C19H19F4N7O. The van der Waals surface area contributed by atoms with Gasteiger partial charge in [-0.1, -0.05) is 6.07 Å². The molecule has 1 N–H and O–H groups in total. The van der Waals surface area contributed by atoms with Crippen LogP contribution >= 0.6 is 0 Å². The summed E-state index contributed by atoms with van der Waals surface area (Å²) in [5.41, 5.74) is -1.08. The number of nitrogens with one attached hydrogen (secondary N) is 1. The van der Waals surface area contributed by atoms with Crippen molar-refractivity contribution in [1.82, 2.24) is 29.9 Å². The maximum absolute atomic E-state index is 14.4. The van der Waals surface area contributed by atoms with Crippen molar-refractivity contribution in [2.45, 2.75) is 26.1 Å². The molecule has 0 radical (unpaired) electrons. The molecule has 0 saturated carbocycles. The van der Waals surface area contributed by atoms with E-state index in [-0.39, 0.29) is 23.6 Å². The second-order valence-corrected chi connectivity index (χ2v) is 6.56. The Morgan fingerprint density at radius 3 is 2.48 bits per heavy atom.